The summed E-state index contributed by atoms with van der Waals surface area (Å²) in [5, 5.41) is 0. The van der Waals surface area contributed by atoms with Crippen LogP contribution in [-0.2, 0) is 0 Å². The van der Waals surface area contributed by atoms with Crippen molar-refractivity contribution >= 4 is 5.91 Å². The summed E-state index contributed by atoms with van der Waals surface area (Å²) >= 11 is 0. The molecule has 2 fully saturated rings. The monoisotopic (exact) mass is 245 g/mol. The lowest BCUT2D eigenvalue weighted by molar-refractivity contribution is 0.0721. The van der Waals surface area contributed by atoms with Crippen molar-refractivity contribution < 1.29 is 9.53 Å². The largest absolute Gasteiger partial charge is 0.497 e. The minimum Gasteiger partial charge on any atom is -0.497 e. The number of amides is 1. The lowest BCUT2D eigenvalue weighted by Crippen LogP contribution is -2.36. The molecule has 1 amide bonds. The fraction of sp³-hybridized carbons (Fsp3) is 0.533. The minimum absolute atomic E-state index is 0.187. The first kappa shape index (κ1) is 11.6. The summed E-state index contributed by atoms with van der Waals surface area (Å²) in [6.45, 7) is 0.923. The first-order valence-electron chi connectivity index (χ1n) is 6.74. The van der Waals surface area contributed by atoms with Crippen LogP contribution in [0.15, 0.2) is 24.3 Å². The minimum atomic E-state index is 0.187. The second-order valence-corrected chi connectivity index (χ2v) is 5.27. The van der Waals surface area contributed by atoms with Gasteiger partial charge in [0, 0.05) is 18.2 Å². The van der Waals surface area contributed by atoms with Crippen molar-refractivity contribution in [1.82, 2.24) is 4.90 Å². The number of hydrogen-bond acceptors (Lipinski definition) is 2. The number of likely N-dealkylation sites (tertiary alicyclic amines) is 1. The lowest BCUT2D eigenvalue weighted by Gasteiger charge is -2.24. The van der Waals surface area contributed by atoms with Crippen molar-refractivity contribution in [2.45, 2.75) is 31.7 Å². The maximum Gasteiger partial charge on any atom is 0.254 e. The van der Waals surface area contributed by atoms with Gasteiger partial charge in [0.05, 0.1) is 7.11 Å². The molecular formula is C15H19NO2. The normalized spacial score (nSPS) is 23.2. The zero-order chi connectivity index (χ0) is 12.5. The highest BCUT2D eigenvalue weighted by molar-refractivity contribution is 5.94. The number of methoxy groups -OCH3 is 1. The van der Waals surface area contributed by atoms with E-state index in [0.717, 1.165) is 30.2 Å². The third-order valence-electron chi connectivity index (χ3n) is 4.06. The predicted molar refractivity (Wildman–Crippen MR) is 69.8 cm³/mol. The topological polar surface area (TPSA) is 29.5 Å². The zero-order valence-corrected chi connectivity index (χ0v) is 10.8. The first-order chi connectivity index (χ1) is 8.79. The Morgan fingerprint density at radius 2 is 1.94 bits per heavy atom. The van der Waals surface area contributed by atoms with Gasteiger partial charge in [0.25, 0.3) is 5.91 Å². The first-order valence-corrected chi connectivity index (χ1v) is 6.74. The van der Waals surface area contributed by atoms with Crippen molar-refractivity contribution in [1.29, 1.82) is 0 Å². The second kappa shape index (κ2) is 4.63. The van der Waals surface area contributed by atoms with E-state index in [1.165, 1.54) is 19.3 Å². The molecule has 1 aliphatic heterocycles. The van der Waals surface area contributed by atoms with Crippen LogP contribution in [0.5, 0.6) is 5.75 Å². The Hall–Kier alpha value is -1.51. The Kier molecular flexibility index (Phi) is 2.98. The standard InChI is InChI=1S/C15H19NO2/c1-18-13-8-6-12(7-9-13)15(17)16-10-2-3-14(16)11-4-5-11/h6-9,11,14H,2-5,10H2,1H3. The molecule has 3 nitrogen and oxygen atoms in total. The lowest BCUT2D eigenvalue weighted by atomic mass is 10.1. The SMILES string of the molecule is COc1ccc(C(=O)N2CCCC2C2CC2)cc1. The molecule has 1 saturated carbocycles. The fourth-order valence-electron chi connectivity index (χ4n) is 2.92. The number of benzene rings is 1. The van der Waals surface area contributed by atoms with E-state index in [1.807, 2.05) is 24.3 Å². The van der Waals surface area contributed by atoms with Crippen LogP contribution in [0.4, 0.5) is 0 Å². The fourth-order valence-corrected chi connectivity index (χ4v) is 2.92. The third-order valence-corrected chi connectivity index (χ3v) is 4.06. The Balaban J connectivity index is 1.76. The van der Waals surface area contributed by atoms with E-state index in [4.69, 9.17) is 4.74 Å². The van der Waals surface area contributed by atoms with Crippen LogP contribution in [0.1, 0.15) is 36.0 Å². The van der Waals surface area contributed by atoms with E-state index in [9.17, 15) is 4.79 Å². The summed E-state index contributed by atoms with van der Waals surface area (Å²) in [5.74, 6) is 1.76. The number of carbonyl (C=O) groups excluding carboxylic acids is 1. The molecule has 1 aromatic carbocycles. The van der Waals surface area contributed by atoms with Gasteiger partial charge in [-0.2, -0.15) is 0 Å². The van der Waals surface area contributed by atoms with Gasteiger partial charge in [0.2, 0.25) is 0 Å². The van der Waals surface area contributed by atoms with Crippen LogP contribution in [0.2, 0.25) is 0 Å². The van der Waals surface area contributed by atoms with Gasteiger partial charge in [-0.05, 0) is 55.9 Å². The summed E-state index contributed by atoms with van der Waals surface area (Å²) in [6, 6.07) is 7.94. The van der Waals surface area contributed by atoms with Crippen LogP contribution in [-0.4, -0.2) is 30.5 Å². The molecule has 0 spiro atoms. The summed E-state index contributed by atoms with van der Waals surface area (Å²) in [5.41, 5.74) is 0.781. The molecule has 1 aliphatic carbocycles. The maximum atomic E-state index is 12.5. The molecule has 3 rings (SSSR count). The van der Waals surface area contributed by atoms with Gasteiger partial charge in [-0.1, -0.05) is 0 Å². The highest BCUT2D eigenvalue weighted by Gasteiger charge is 2.40. The van der Waals surface area contributed by atoms with Gasteiger partial charge < -0.3 is 9.64 Å². The van der Waals surface area contributed by atoms with Gasteiger partial charge in [0.1, 0.15) is 5.75 Å². The Bertz CT molecular complexity index is 436. The molecule has 1 unspecified atom stereocenters. The van der Waals surface area contributed by atoms with Gasteiger partial charge in [-0.25, -0.2) is 0 Å². The summed E-state index contributed by atoms with van der Waals surface area (Å²) in [7, 11) is 1.64. The number of carbonyl (C=O) groups is 1. The van der Waals surface area contributed by atoms with Gasteiger partial charge in [-0.3, -0.25) is 4.79 Å². The highest BCUT2D eigenvalue weighted by Crippen LogP contribution is 2.40. The van der Waals surface area contributed by atoms with E-state index in [-0.39, 0.29) is 5.91 Å². The molecule has 0 bridgehead atoms. The van der Waals surface area contributed by atoms with Crippen LogP contribution < -0.4 is 4.74 Å². The molecule has 2 aliphatic rings. The van der Waals surface area contributed by atoms with Crippen molar-refractivity contribution in [2.75, 3.05) is 13.7 Å². The van der Waals surface area contributed by atoms with E-state index >= 15 is 0 Å². The van der Waals surface area contributed by atoms with Crippen molar-refractivity contribution in [2.24, 2.45) is 5.92 Å². The smallest absolute Gasteiger partial charge is 0.254 e. The summed E-state index contributed by atoms with van der Waals surface area (Å²) in [6.07, 6.45) is 4.95. The number of nitrogens with zero attached hydrogens (tertiary/aromatic N) is 1. The molecule has 1 saturated heterocycles. The van der Waals surface area contributed by atoms with Crippen LogP contribution in [0, 0.1) is 5.92 Å². The van der Waals surface area contributed by atoms with Crippen molar-refractivity contribution in [3.63, 3.8) is 0 Å². The van der Waals surface area contributed by atoms with Crippen LogP contribution in [0.3, 0.4) is 0 Å². The van der Waals surface area contributed by atoms with Crippen LogP contribution >= 0.6 is 0 Å². The molecule has 0 aromatic heterocycles. The molecule has 1 heterocycles. The molecule has 1 atom stereocenters. The average Bonchev–Trinajstić information content (AvgIpc) is 3.15. The van der Waals surface area contributed by atoms with E-state index < -0.39 is 0 Å². The zero-order valence-electron chi connectivity index (χ0n) is 10.8. The molecule has 18 heavy (non-hydrogen) atoms. The summed E-state index contributed by atoms with van der Waals surface area (Å²) in [4.78, 5) is 14.6. The highest BCUT2D eigenvalue weighted by atomic mass is 16.5. The van der Waals surface area contributed by atoms with Gasteiger partial charge in [0.15, 0.2) is 0 Å². The molecule has 0 N–H and O–H groups in total. The molecule has 1 aromatic rings. The van der Waals surface area contributed by atoms with Crippen LogP contribution in [0.25, 0.3) is 0 Å². The Labute approximate surface area is 108 Å². The number of ether oxygens (including phenoxy) is 1. The number of hydrogen-bond donors (Lipinski definition) is 0. The van der Waals surface area contributed by atoms with E-state index in [1.54, 1.807) is 7.11 Å². The third kappa shape index (κ3) is 2.09. The molecule has 3 heteroatoms. The van der Waals surface area contributed by atoms with Gasteiger partial charge in [-0.15, -0.1) is 0 Å². The predicted octanol–water partition coefficient (Wildman–Crippen LogP) is 2.71. The van der Waals surface area contributed by atoms with E-state index in [2.05, 4.69) is 4.90 Å². The van der Waals surface area contributed by atoms with Gasteiger partial charge >= 0.3 is 0 Å². The second-order valence-electron chi connectivity index (χ2n) is 5.27. The maximum absolute atomic E-state index is 12.5. The quantitative estimate of drug-likeness (QED) is 0.819. The molecule has 96 valence electrons. The summed E-state index contributed by atoms with van der Waals surface area (Å²) < 4.78 is 5.12. The molecule has 0 radical (unpaired) electrons. The van der Waals surface area contributed by atoms with Crippen molar-refractivity contribution in [3.05, 3.63) is 29.8 Å². The van der Waals surface area contributed by atoms with Crippen molar-refractivity contribution in [3.8, 4) is 5.75 Å². The molecular weight excluding hydrogens is 226 g/mol. The Morgan fingerprint density at radius 1 is 1.22 bits per heavy atom. The average molecular weight is 245 g/mol. The number of rotatable bonds is 3. The van der Waals surface area contributed by atoms with E-state index in [0.29, 0.717) is 6.04 Å². The Morgan fingerprint density at radius 3 is 2.56 bits per heavy atom.